The third-order valence-corrected chi connectivity index (χ3v) is 8.15. The summed E-state index contributed by atoms with van der Waals surface area (Å²) in [6.07, 6.45) is 1.50. The lowest BCUT2D eigenvalue weighted by molar-refractivity contribution is 0.0781. The molecule has 0 bridgehead atoms. The minimum absolute atomic E-state index is 0.0105. The van der Waals surface area contributed by atoms with Gasteiger partial charge in [-0.05, 0) is 49.1 Å². The Bertz CT molecular complexity index is 1270. The number of carbonyl (C=O) groups is 1. The molecule has 1 atom stereocenters. The van der Waals surface area contributed by atoms with Crippen LogP contribution in [0.25, 0.3) is 0 Å². The molecule has 0 saturated carbocycles. The number of para-hydroxylation sites is 1. The molecule has 0 saturated heterocycles. The van der Waals surface area contributed by atoms with Gasteiger partial charge in [0, 0.05) is 20.1 Å². The summed E-state index contributed by atoms with van der Waals surface area (Å²) >= 11 is 0. The van der Waals surface area contributed by atoms with Crippen LogP contribution in [0.1, 0.15) is 28.8 Å². The maximum Gasteiger partial charge on any atom is 0.257 e. The standard InChI is InChI=1S/C27H29FN2O4S/c1-29-17-9-10-18-30(35(32,33)26-16-8-6-14-24(26)28)22(19-21-11-3-2-4-12-21)20-34-25-15-7-5-13-23(25)27(29)31/h2-8,11-16,22H,9-10,17-20H2,1H3/t22-/m0/s1. The zero-order valence-electron chi connectivity index (χ0n) is 19.6. The van der Waals surface area contributed by atoms with Crippen LogP contribution in [0.5, 0.6) is 5.75 Å². The van der Waals surface area contributed by atoms with Gasteiger partial charge in [0.25, 0.3) is 5.91 Å². The molecule has 184 valence electrons. The Morgan fingerprint density at radius 1 is 0.914 bits per heavy atom. The largest absolute Gasteiger partial charge is 0.491 e. The molecule has 1 aliphatic heterocycles. The summed E-state index contributed by atoms with van der Waals surface area (Å²) in [5, 5.41) is 0. The maximum atomic E-state index is 14.7. The third-order valence-electron chi connectivity index (χ3n) is 6.16. The van der Waals surface area contributed by atoms with Crippen LogP contribution in [0.4, 0.5) is 4.39 Å². The summed E-state index contributed by atoms with van der Waals surface area (Å²) in [6, 6.07) is 21.3. The number of carbonyl (C=O) groups excluding carboxylic acids is 1. The van der Waals surface area contributed by atoms with E-state index in [1.165, 1.54) is 22.5 Å². The fourth-order valence-corrected chi connectivity index (χ4v) is 6.00. The van der Waals surface area contributed by atoms with Crippen molar-refractivity contribution in [1.82, 2.24) is 9.21 Å². The van der Waals surface area contributed by atoms with Crippen LogP contribution in [0.2, 0.25) is 0 Å². The van der Waals surface area contributed by atoms with Gasteiger partial charge in [-0.15, -0.1) is 0 Å². The molecular formula is C27H29FN2O4S. The van der Waals surface area contributed by atoms with Gasteiger partial charge in [-0.3, -0.25) is 4.79 Å². The second kappa shape index (κ2) is 11.0. The van der Waals surface area contributed by atoms with E-state index in [4.69, 9.17) is 4.74 Å². The molecule has 0 spiro atoms. The van der Waals surface area contributed by atoms with E-state index in [0.29, 0.717) is 37.1 Å². The number of nitrogens with zero attached hydrogens (tertiary/aromatic N) is 2. The molecule has 1 heterocycles. The van der Waals surface area contributed by atoms with Gasteiger partial charge < -0.3 is 9.64 Å². The summed E-state index contributed by atoms with van der Waals surface area (Å²) in [4.78, 5) is 14.2. The van der Waals surface area contributed by atoms with Crippen LogP contribution in [-0.2, 0) is 16.4 Å². The molecule has 0 N–H and O–H groups in total. The SMILES string of the molecule is CN1CCCCN(S(=O)(=O)c2ccccc2F)[C@@H](Cc2ccccc2)COc2ccccc2C1=O. The first-order valence-electron chi connectivity index (χ1n) is 11.7. The number of fused-ring (bicyclic) bond motifs is 1. The number of ether oxygens (including phenoxy) is 1. The molecule has 0 fully saturated rings. The fourth-order valence-electron chi connectivity index (χ4n) is 4.29. The molecule has 0 unspecified atom stereocenters. The molecule has 1 aliphatic rings. The van der Waals surface area contributed by atoms with Crippen LogP contribution >= 0.6 is 0 Å². The van der Waals surface area contributed by atoms with Crippen LogP contribution in [0, 0.1) is 5.82 Å². The second-order valence-electron chi connectivity index (χ2n) is 8.63. The number of halogens is 1. The van der Waals surface area contributed by atoms with E-state index in [2.05, 4.69) is 0 Å². The average molecular weight is 497 g/mol. The van der Waals surface area contributed by atoms with Gasteiger partial charge in [-0.2, -0.15) is 4.31 Å². The number of sulfonamides is 1. The maximum absolute atomic E-state index is 14.7. The van der Waals surface area contributed by atoms with Crippen LogP contribution < -0.4 is 4.74 Å². The van der Waals surface area contributed by atoms with E-state index < -0.39 is 21.9 Å². The molecule has 3 aromatic carbocycles. The van der Waals surface area contributed by atoms with E-state index in [1.54, 1.807) is 36.2 Å². The zero-order valence-corrected chi connectivity index (χ0v) is 20.5. The van der Waals surface area contributed by atoms with Gasteiger partial charge in [-0.25, -0.2) is 12.8 Å². The summed E-state index contributed by atoms with van der Waals surface area (Å²) in [7, 11) is -2.44. The molecule has 35 heavy (non-hydrogen) atoms. The topological polar surface area (TPSA) is 66.9 Å². The smallest absolute Gasteiger partial charge is 0.257 e. The molecule has 0 aromatic heterocycles. The summed E-state index contributed by atoms with van der Waals surface area (Å²) in [5.41, 5.74) is 1.36. The van der Waals surface area contributed by atoms with Crippen molar-refractivity contribution in [3.8, 4) is 5.75 Å². The van der Waals surface area contributed by atoms with Gasteiger partial charge in [0.2, 0.25) is 10.0 Å². The first-order chi connectivity index (χ1) is 16.9. The fraction of sp³-hybridized carbons (Fsp3) is 0.296. The van der Waals surface area contributed by atoms with E-state index in [9.17, 15) is 17.6 Å². The van der Waals surface area contributed by atoms with Crippen LogP contribution in [-0.4, -0.2) is 56.3 Å². The van der Waals surface area contributed by atoms with Crippen molar-refractivity contribution >= 4 is 15.9 Å². The molecule has 6 nitrogen and oxygen atoms in total. The molecule has 0 aliphatic carbocycles. The third kappa shape index (κ3) is 5.71. The number of hydrogen-bond acceptors (Lipinski definition) is 4. The highest BCUT2D eigenvalue weighted by Gasteiger charge is 2.34. The Balaban J connectivity index is 1.76. The van der Waals surface area contributed by atoms with Gasteiger partial charge in [0.1, 0.15) is 23.1 Å². The molecular weight excluding hydrogens is 467 g/mol. The van der Waals surface area contributed by atoms with Crippen LogP contribution in [0.15, 0.2) is 83.8 Å². The van der Waals surface area contributed by atoms with Crippen molar-refractivity contribution in [2.75, 3.05) is 26.7 Å². The first kappa shape index (κ1) is 24.9. The highest BCUT2D eigenvalue weighted by atomic mass is 32.2. The monoisotopic (exact) mass is 496 g/mol. The highest BCUT2D eigenvalue weighted by molar-refractivity contribution is 7.89. The van der Waals surface area contributed by atoms with Gasteiger partial charge in [-0.1, -0.05) is 54.6 Å². The second-order valence-corrected chi connectivity index (χ2v) is 10.5. The van der Waals surface area contributed by atoms with E-state index in [-0.39, 0.29) is 24.0 Å². The number of amides is 1. The molecule has 3 aromatic rings. The minimum atomic E-state index is -4.15. The van der Waals surface area contributed by atoms with E-state index in [1.807, 2.05) is 30.3 Å². The van der Waals surface area contributed by atoms with E-state index >= 15 is 0 Å². The predicted molar refractivity (Wildman–Crippen MR) is 132 cm³/mol. The normalized spacial score (nSPS) is 18.2. The lowest BCUT2D eigenvalue weighted by atomic mass is 10.1. The van der Waals surface area contributed by atoms with Crippen molar-refractivity contribution in [3.63, 3.8) is 0 Å². The molecule has 4 rings (SSSR count). The van der Waals surface area contributed by atoms with Gasteiger partial charge in [0.15, 0.2) is 0 Å². The van der Waals surface area contributed by atoms with E-state index in [0.717, 1.165) is 11.6 Å². The number of benzene rings is 3. The highest BCUT2D eigenvalue weighted by Crippen LogP contribution is 2.26. The lowest BCUT2D eigenvalue weighted by Gasteiger charge is -2.32. The Morgan fingerprint density at radius 3 is 2.34 bits per heavy atom. The van der Waals surface area contributed by atoms with Crippen molar-refractivity contribution < 1.29 is 22.3 Å². The van der Waals surface area contributed by atoms with Crippen molar-refractivity contribution in [3.05, 3.63) is 95.8 Å². The van der Waals surface area contributed by atoms with Crippen LogP contribution in [0.3, 0.4) is 0 Å². The zero-order chi connectivity index (χ0) is 24.8. The molecule has 8 heteroatoms. The quantitative estimate of drug-likeness (QED) is 0.538. The predicted octanol–water partition coefficient (Wildman–Crippen LogP) is 4.37. The summed E-state index contributed by atoms with van der Waals surface area (Å²) in [5.74, 6) is -0.531. The summed E-state index contributed by atoms with van der Waals surface area (Å²) < 4.78 is 49.6. The van der Waals surface area contributed by atoms with Gasteiger partial charge >= 0.3 is 0 Å². The average Bonchev–Trinajstić information content (AvgIpc) is 2.86. The molecule has 1 amide bonds. The van der Waals surface area contributed by atoms with Crippen molar-refractivity contribution in [2.45, 2.75) is 30.2 Å². The lowest BCUT2D eigenvalue weighted by Crippen LogP contribution is -2.46. The summed E-state index contributed by atoms with van der Waals surface area (Å²) in [6.45, 7) is 0.655. The van der Waals surface area contributed by atoms with Gasteiger partial charge in [0.05, 0.1) is 11.6 Å². The van der Waals surface area contributed by atoms with Crippen molar-refractivity contribution in [1.29, 1.82) is 0 Å². The number of rotatable bonds is 4. The van der Waals surface area contributed by atoms with Crippen molar-refractivity contribution in [2.24, 2.45) is 0 Å². The molecule has 0 radical (unpaired) electrons. The Hall–Kier alpha value is -3.23. The Morgan fingerprint density at radius 2 is 1.57 bits per heavy atom. The Kier molecular flexibility index (Phi) is 7.83. The first-order valence-corrected chi connectivity index (χ1v) is 13.1. The number of hydrogen-bond donors (Lipinski definition) is 0. The minimum Gasteiger partial charge on any atom is -0.491 e. The Labute approximate surface area is 206 Å².